The Labute approximate surface area is 176 Å². The predicted octanol–water partition coefficient (Wildman–Crippen LogP) is 5.50. The molecule has 3 aliphatic rings. The quantitative estimate of drug-likeness (QED) is 0.513. The summed E-state index contributed by atoms with van der Waals surface area (Å²) in [7, 11) is 1.75. The number of methoxy groups -OCH3 is 1. The van der Waals surface area contributed by atoms with Crippen molar-refractivity contribution in [2.24, 2.45) is 0 Å². The molecule has 1 aliphatic carbocycles. The third-order valence-corrected chi connectivity index (χ3v) is 6.90. The van der Waals surface area contributed by atoms with Crippen molar-refractivity contribution in [3.63, 3.8) is 0 Å². The van der Waals surface area contributed by atoms with Gasteiger partial charge in [-0.05, 0) is 76.6 Å². The van der Waals surface area contributed by atoms with E-state index in [-0.39, 0.29) is 0 Å². The molecule has 0 spiro atoms. The van der Waals surface area contributed by atoms with E-state index in [1.165, 1.54) is 69.3 Å². The summed E-state index contributed by atoms with van der Waals surface area (Å²) in [6.45, 7) is 9.07. The highest BCUT2D eigenvalue weighted by Crippen LogP contribution is 2.46. The summed E-state index contributed by atoms with van der Waals surface area (Å²) in [5.41, 5.74) is 4.22. The molecule has 2 aliphatic heterocycles. The van der Waals surface area contributed by atoms with Crippen molar-refractivity contribution in [3.05, 3.63) is 23.3 Å². The molecule has 4 nitrogen and oxygen atoms in total. The van der Waals surface area contributed by atoms with Gasteiger partial charge in [-0.25, -0.2) is 0 Å². The van der Waals surface area contributed by atoms with Gasteiger partial charge in [0, 0.05) is 29.9 Å². The molecule has 4 rings (SSSR count). The van der Waals surface area contributed by atoms with E-state index in [9.17, 15) is 0 Å². The first-order valence-electron chi connectivity index (χ1n) is 11.8. The zero-order valence-electron chi connectivity index (χ0n) is 18.6. The fourth-order valence-corrected chi connectivity index (χ4v) is 5.46. The molecule has 0 amide bonds. The molecule has 0 N–H and O–H groups in total. The molecular weight excluding hydrogens is 360 g/mol. The first-order valence-corrected chi connectivity index (χ1v) is 11.8. The second-order valence-corrected chi connectivity index (χ2v) is 8.98. The second kappa shape index (κ2) is 9.42. The number of fused-ring (bicyclic) bond motifs is 2. The highest BCUT2D eigenvalue weighted by molar-refractivity contribution is 5.78. The van der Waals surface area contributed by atoms with Gasteiger partial charge in [-0.1, -0.05) is 19.4 Å². The van der Waals surface area contributed by atoms with Crippen molar-refractivity contribution < 1.29 is 9.47 Å². The Hall–Kier alpha value is -1.68. The first-order chi connectivity index (χ1) is 14.2. The summed E-state index contributed by atoms with van der Waals surface area (Å²) in [6.07, 6.45) is 12.4. The third kappa shape index (κ3) is 4.42. The van der Waals surface area contributed by atoms with Crippen LogP contribution in [0, 0.1) is 0 Å². The van der Waals surface area contributed by atoms with E-state index in [4.69, 9.17) is 9.47 Å². The Morgan fingerprint density at radius 2 is 1.97 bits per heavy atom. The second-order valence-electron chi connectivity index (χ2n) is 8.98. The number of rotatable bonds is 9. The SMILES string of the molecule is CCCC(C)N1c2cc(OCCCN3CCCC3)c(OC)cc2C=C2CCCC21. The molecule has 1 saturated heterocycles. The van der Waals surface area contributed by atoms with Gasteiger partial charge in [-0.15, -0.1) is 0 Å². The summed E-state index contributed by atoms with van der Waals surface area (Å²) >= 11 is 0. The van der Waals surface area contributed by atoms with Crippen LogP contribution in [0.5, 0.6) is 11.5 Å². The number of ether oxygens (including phenoxy) is 2. The molecule has 2 heterocycles. The van der Waals surface area contributed by atoms with Crippen LogP contribution in [0.25, 0.3) is 6.08 Å². The number of hydrogen-bond donors (Lipinski definition) is 0. The van der Waals surface area contributed by atoms with Crippen molar-refractivity contribution in [1.82, 2.24) is 4.90 Å². The summed E-state index contributed by atoms with van der Waals surface area (Å²) in [6, 6.07) is 5.56. The van der Waals surface area contributed by atoms with Gasteiger partial charge in [0.15, 0.2) is 11.5 Å². The maximum atomic E-state index is 6.25. The Balaban J connectivity index is 1.53. The molecule has 2 atom stereocenters. The fraction of sp³-hybridized carbons (Fsp3) is 0.680. The number of hydrogen-bond acceptors (Lipinski definition) is 4. The van der Waals surface area contributed by atoms with Gasteiger partial charge in [0.05, 0.1) is 19.8 Å². The minimum absolute atomic E-state index is 0.543. The van der Waals surface area contributed by atoms with Crippen LogP contribution in [0.3, 0.4) is 0 Å². The molecule has 0 bridgehead atoms. The summed E-state index contributed by atoms with van der Waals surface area (Å²) in [5, 5.41) is 0. The molecule has 4 heteroatoms. The van der Waals surface area contributed by atoms with E-state index in [1.807, 2.05) is 0 Å². The maximum Gasteiger partial charge on any atom is 0.163 e. The van der Waals surface area contributed by atoms with Gasteiger partial charge in [0.2, 0.25) is 0 Å². The first kappa shape index (κ1) is 20.6. The topological polar surface area (TPSA) is 24.9 Å². The van der Waals surface area contributed by atoms with Crippen LogP contribution >= 0.6 is 0 Å². The van der Waals surface area contributed by atoms with E-state index < -0.39 is 0 Å². The minimum Gasteiger partial charge on any atom is -0.493 e. The Morgan fingerprint density at radius 3 is 2.72 bits per heavy atom. The van der Waals surface area contributed by atoms with Crippen molar-refractivity contribution in [3.8, 4) is 11.5 Å². The molecule has 0 radical (unpaired) electrons. The van der Waals surface area contributed by atoms with E-state index in [0.717, 1.165) is 31.1 Å². The van der Waals surface area contributed by atoms with E-state index in [2.05, 4.69) is 41.9 Å². The lowest BCUT2D eigenvalue weighted by atomic mass is 9.94. The van der Waals surface area contributed by atoms with Gasteiger partial charge < -0.3 is 19.3 Å². The van der Waals surface area contributed by atoms with E-state index >= 15 is 0 Å². The van der Waals surface area contributed by atoms with Gasteiger partial charge in [0.1, 0.15) is 0 Å². The summed E-state index contributed by atoms with van der Waals surface area (Å²) in [4.78, 5) is 5.23. The lowest BCUT2D eigenvalue weighted by Gasteiger charge is -2.41. The molecule has 2 fully saturated rings. The molecule has 160 valence electrons. The number of anilines is 1. The van der Waals surface area contributed by atoms with E-state index in [1.54, 1.807) is 12.7 Å². The molecule has 1 aromatic rings. The van der Waals surface area contributed by atoms with Crippen LogP contribution in [0.2, 0.25) is 0 Å². The maximum absolute atomic E-state index is 6.25. The number of likely N-dealkylation sites (tertiary alicyclic amines) is 1. The largest absolute Gasteiger partial charge is 0.493 e. The van der Waals surface area contributed by atoms with Crippen LogP contribution in [-0.4, -0.2) is 50.3 Å². The monoisotopic (exact) mass is 398 g/mol. The predicted molar refractivity (Wildman–Crippen MR) is 121 cm³/mol. The average Bonchev–Trinajstić information content (AvgIpc) is 3.40. The molecule has 1 aromatic carbocycles. The van der Waals surface area contributed by atoms with Crippen molar-refractivity contribution >= 4 is 11.8 Å². The van der Waals surface area contributed by atoms with Crippen molar-refractivity contribution in [1.29, 1.82) is 0 Å². The molecule has 0 aromatic heterocycles. The molecule has 1 saturated carbocycles. The number of benzene rings is 1. The van der Waals surface area contributed by atoms with Crippen LogP contribution in [0.1, 0.15) is 70.8 Å². The van der Waals surface area contributed by atoms with Crippen molar-refractivity contribution in [2.45, 2.75) is 77.3 Å². The summed E-state index contributed by atoms with van der Waals surface area (Å²) < 4.78 is 12.0. The standard InChI is InChI=1S/C25H38N2O2/c1-4-9-19(2)27-22-11-7-10-20(22)16-21-17-24(28-3)25(18-23(21)27)29-15-8-14-26-12-5-6-13-26/h16-19,22H,4-15H2,1-3H3. The lowest BCUT2D eigenvalue weighted by Crippen LogP contribution is -2.43. The average molecular weight is 399 g/mol. The highest BCUT2D eigenvalue weighted by atomic mass is 16.5. The number of nitrogens with zero attached hydrogens (tertiary/aromatic N) is 2. The molecule has 2 unspecified atom stereocenters. The minimum atomic E-state index is 0.543. The Bertz CT molecular complexity index is 724. The van der Waals surface area contributed by atoms with Crippen molar-refractivity contribution in [2.75, 3.05) is 38.3 Å². The van der Waals surface area contributed by atoms with Crippen LogP contribution in [0.15, 0.2) is 17.7 Å². The summed E-state index contributed by atoms with van der Waals surface area (Å²) in [5.74, 6) is 1.76. The van der Waals surface area contributed by atoms with Crippen LogP contribution < -0.4 is 14.4 Å². The van der Waals surface area contributed by atoms with Gasteiger partial charge in [0.25, 0.3) is 0 Å². The third-order valence-electron chi connectivity index (χ3n) is 6.90. The lowest BCUT2D eigenvalue weighted by molar-refractivity contribution is 0.254. The van der Waals surface area contributed by atoms with Gasteiger partial charge in [-0.3, -0.25) is 0 Å². The smallest absolute Gasteiger partial charge is 0.163 e. The molecular formula is C25H38N2O2. The van der Waals surface area contributed by atoms with Crippen LogP contribution in [0.4, 0.5) is 5.69 Å². The Kier molecular flexibility index (Phi) is 6.69. The zero-order chi connectivity index (χ0) is 20.2. The van der Waals surface area contributed by atoms with E-state index in [0.29, 0.717) is 12.1 Å². The normalized spacial score (nSPS) is 22.2. The van der Waals surface area contributed by atoms with Gasteiger partial charge >= 0.3 is 0 Å². The van der Waals surface area contributed by atoms with Gasteiger partial charge in [-0.2, -0.15) is 0 Å². The molecule has 29 heavy (non-hydrogen) atoms. The highest BCUT2D eigenvalue weighted by Gasteiger charge is 2.35. The zero-order valence-corrected chi connectivity index (χ0v) is 18.6. The Morgan fingerprint density at radius 1 is 1.14 bits per heavy atom. The van der Waals surface area contributed by atoms with Crippen LogP contribution in [-0.2, 0) is 0 Å². The fourth-order valence-electron chi connectivity index (χ4n) is 5.46.